The maximum absolute atomic E-state index is 5.59. The fourth-order valence-electron chi connectivity index (χ4n) is 1.48. The molecule has 0 aliphatic carbocycles. The summed E-state index contributed by atoms with van der Waals surface area (Å²) in [5, 5.41) is 2.98. The zero-order chi connectivity index (χ0) is 14.4. The highest BCUT2D eigenvalue weighted by molar-refractivity contribution is 5.35. The van der Waals surface area contributed by atoms with Gasteiger partial charge >= 0.3 is 12.0 Å². The largest absolute Gasteiger partial charge is 0.497 e. The number of nitrogens with one attached hydrogen (secondary N) is 1. The van der Waals surface area contributed by atoms with Gasteiger partial charge in [0.1, 0.15) is 11.5 Å². The number of hydrogen-bond acceptors (Lipinski definition) is 7. The lowest BCUT2D eigenvalue weighted by atomic mass is 10.3. The van der Waals surface area contributed by atoms with Gasteiger partial charge in [0.2, 0.25) is 5.95 Å². The Morgan fingerprint density at radius 2 is 1.75 bits per heavy atom. The lowest BCUT2D eigenvalue weighted by Gasteiger charge is -2.08. The van der Waals surface area contributed by atoms with Crippen molar-refractivity contribution in [2.45, 2.75) is 6.92 Å². The number of rotatable bonds is 6. The zero-order valence-corrected chi connectivity index (χ0v) is 11.6. The first-order valence-electron chi connectivity index (χ1n) is 6.11. The van der Waals surface area contributed by atoms with E-state index in [9.17, 15) is 0 Å². The van der Waals surface area contributed by atoms with Crippen molar-refractivity contribution in [3.63, 3.8) is 0 Å². The van der Waals surface area contributed by atoms with Gasteiger partial charge in [-0.25, -0.2) is 0 Å². The summed E-state index contributed by atoms with van der Waals surface area (Å²) < 4.78 is 15.7. The van der Waals surface area contributed by atoms with Crippen LogP contribution < -0.4 is 19.5 Å². The summed E-state index contributed by atoms with van der Waals surface area (Å²) in [5.41, 5.74) is 0. The molecule has 0 bridgehead atoms. The second-order valence-electron chi connectivity index (χ2n) is 3.74. The van der Waals surface area contributed by atoms with Gasteiger partial charge in [-0.2, -0.15) is 9.97 Å². The van der Waals surface area contributed by atoms with Gasteiger partial charge in [-0.1, -0.05) is 6.07 Å². The Labute approximate surface area is 116 Å². The summed E-state index contributed by atoms with van der Waals surface area (Å²) in [6.07, 6.45) is 0. The van der Waals surface area contributed by atoms with Gasteiger partial charge in [0, 0.05) is 12.6 Å². The van der Waals surface area contributed by atoms with E-state index in [2.05, 4.69) is 20.3 Å². The van der Waals surface area contributed by atoms with E-state index in [4.69, 9.17) is 14.2 Å². The molecule has 0 saturated carbocycles. The second kappa shape index (κ2) is 6.55. The van der Waals surface area contributed by atoms with E-state index in [1.807, 2.05) is 19.1 Å². The van der Waals surface area contributed by atoms with Gasteiger partial charge in [0.25, 0.3) is 0 Å². The number of aromatic nitrogens is 3. The Morgan fingerprint density at radius 1 is 1.00 bits per heavy atom. The van der Waals surface area contributed by atoms with Crippen molar-refractivity contribution in [3.8, 4) is 23.5 Å². The number of anilines is 1. The molecule has 0 saturated heterocycles. The average molecular weight is 276 g/mol. The number of methoxy groups -OCH3 is 2. The van der Waals surface area contributed by atoms with Crippen LogP contribution in [-0.4, -0.2) is 35.7 Å². The predicted octanol–water partition coefficient (Wildman–Crippen LogP) is 2.11. The van der Waals surface area contributed by atoms with Crippen LogP contribution in [0, 0.1) is 0 Å². The van der Waals surface area contributed by atoms with Crippen LogP contribution in [0.2, 0.25) is 0 Å². The quantitative estimate of drug-likeness (QED) is 0.865. The Hall–Kier alpha value is -2.57. The van der Waals surface area contributed by atoms with Crippen molar-refractivity contribution >= 4 is 5.95 Å². The highest BCUT2D eigenvalue weighted by Crippen LogP contribution is 2.24. The van der Waals surface area contributed by atoms with Gasteiger partial charge in [-0.3, -0.25) is 0 Å². The van der Waals surface area contributed by atoms with Crippen LogP contribution in [-0.2, 0) is 0 Å². The summed E-state index contributed by atoms with van der Waals surface area (Å²) >= 11 is 0. The predicted molar refractivity (Wildman–Crippen MR) is 73.6 cm³/mol. The molecule has 1 aromatic heterocycles. The molecular formula is C13H16N4O3. The fourth-order valence-corrected chi connectivity index (χ4v) is 1.48. The summed E-state index contributed by atoms with van der Waals surface area (Å²) in [6, 6.07) is 7.51. The van der Waals surface area contributed by atoms with Crippen LogP contribution in [0.15, 0.2) is 24.3 Å². The molecule has 2 rings (SSSR count). The minimum atomic E-state index is 0.154. The highest BCUT2D eigenvalue weighted by atomic mass is 16.5. The van der Waals surface area contributed by atoms with E-state index in [1.165, 1.54) is 7.11 Å². The van der Waals surface area contributed by atoms with Crippen molar-refractivity contribution in [2.24, 2.45) is 0 Å². The topological polar surface area (TPSA) is 78.4 Å². The van der Waals surface area contributed by atoms with Gasteiger partial charge in [0.05, 0.1) is 14.2 Å². The molecule has 0 aliphatic rings. The lowest BCUT2D eigenvalue weighted by molar-refractivity contribution is 0.359. The molecule has 0 aliphatic heterocycles. The fraction of sp³-hybridized carbons (Fsp3) is 0.308. The third kappa shape index (κ3) is 3.47. The minimum absolute atomic E-state index is 0.154. The van der Waals surface area contributed by atoms with Crippen molar-refractivity contribution in [3.05, 3.63) is 24.3 Å². The number of hydrogen-bond donors (Lipinski definition) is 1. The van der Waals surface area contributed by atoms with Crippen LogP contribution in [0.5, 0.6) is 23.5 Å². The molecule has 0 radical (unpaired) electrons. The highest BCUT2D eigenvalue weighted by Gasteiger charge is 2.08. The van der Waals surface area contributed by atoms with Crippen molar-refractivity contribution in [1.29, 1.82) is 0 Å². The van der Waals surface area contributed by atoms with Gasteiger partial charge < -0.3 is 19.5 Å². The van der Waals surface area contributed by atoms with Crippen molar-refractivity contribution in [2.75, 3.05) is 26.1 Å². The SMILES string of the molecule is CCNc1nc(OC)nc(Oc2cccc(OC)c2)n1. The second-order valence-corrected chi connectivity index (χ2v) is 3.74. The lowest BCUT2D eigenvalue weighted by Crippen LogP contribution is -2.06. The van der Waals surface area contributed by atoms with Gasteiger partial charge in [-0.15, -0.1) is 4.98 Å². The standard InChI is InChI=1S/C13H16N4O3/c1-4-14-11-15-12(19-3)17-13(16-11)20-10-7-5-6-9(8-10)18-2/h5-8H,4H2,1-3H3,(H,14,15,16,17). The molecule has 0 atom stereocenters. The molecular weight excluding hydrogens is 260 g/mol. The molecule has 1 N–H and O–H groups in total. The molecule has 0 spiro atoms. The molecule has 7 nitrogen and oxygen atoms in total. The molecule has 0 fully saturated rings. The van der Waals surface area contributed by atoms with Crippen LogP contribution in [0.1, 0.15) is 6.92 Å². The molecule has 0 unspecified atom stereocenters. The molecule has 0 amide bonds. The van der Waals surface area contributed by atoms with E-state index in [-0.39, 0.29) is 12.0 Å². The minimum Gasteiger partial charge on any atom is -0.497 e. The first-order chi connectivity index (χ1) is 9.75. The molecule has 1 heterocycles. The third-order valence-electron chi connectivity index (χ3n) is 2.36. The molecule has 2 aromatic rings. The summed E-state index contributed by atoms with van der Waals surface area (Å²) in [4.78, 5) is 12.2. The van der Waals surface area contributed by atoms with E-state index in [0.717, 1.165) is 0 Å². The Morgan fingerprint density at radius 3 is 2.45 bits per heavy atom. The maximum atomic E-state index is 5.59. The Bertz CT molecular complexity index is 577. The first kappa shape index (κ1) is 13.9. The monoisotopic (exact) mass is 276 g/mol. The molecule has 1 aromatic carbocycles. The van der Waals surface area contributed by atoms with Gasteiger partial charge in [-0.05, 0) is 19.1 Å². The van der Waals surface area contributed by atoms with E-state index in [1.54, 1.807) is 19.2 Å². The summed E-state index contributed by atoms with van der Waals surface area (Å²) in [7, 11) is 3.08. The first-order valence-corrected chi connectivity index (χ1v) is 6.11. The smallest absolute Gasteiger partial charge is 0.330 e. The number of ether oxygens (including phenoxy) is 3. The number of benzene rings is 1. The maximum Gasteiger partial charge on any atom is 0.330 e. The van der Waals surface area contributed by atoms with E-state index in [0.29, 0.717) is 24.0 Å². The third-order valence-corrected chi connectivity index (χ3v) is 2.36. The summed E-state index contributed by atoms with van der Waals surface area (Å²) in [6.45, 7) is 2.63. The van der Waals surface area contributed by atoms with Crippen molar-refractivity contribution in [1.82, 2.24) is 15.0 Å². The van der Waals surface area contributed by atoms with Crippen LogP contribution >= 0.6 is 0 Å². The van der Waals surface area contributed by atoms with E-state index < -0.39 is 0 Å². The Balaban J connectivity index is 2.24. The van der Waals surface area contributed by atoms with Gasteiger partial charge in [0.15, 0.2) is 0 Å². The van der Waals surface area contributed by atoms with Crippen LogP contribution in [0.25, 0.3) is 0 Å². The van der Waals surface area contributed by atoms with Crippen LogP contribution in [0.3, 0.4) is 0 Å². The van der Waals surface area contributed by atoms with Crippen LogP contribution in [0.4, 0.5) is 5.95 Å². The van der Waals surface area contributed by atoms with E-state index >= 15 is 0 Å². The van der Waals surface area contributed by atoms with Crippen molar-refractivity contribution < 1.29 is 14.2 Å². The molecule has 20 heavy (non-hydrogen) atoms. The molecule has 7 heteroatoms. The molecule has 106 valence electrons. The number of nitrogens with zero attached hydrogens (tertiary/aromatic N) is 3. The normalized spacial score (nSPS) is 9.95. The zero-order valence-electron chi connectivity index (χ0n) is 11.6. The summed E-state index contributed by atoms with van der Waals surface area (Å²) in [5.74, 6) is 1.66. The Kier molecular flexibility index (Phi) is 4.54. The average Bonchev–Trinajstić information content (AvgIpc) is 2.47.